The second-order valence-electron chi connectivity index (χ2n) is 9.04. The molecule has 4 aromatic rings. The van der Waals surface area contributed by atoms with Crippen molar-refractivity contribution in [3.05, 3.63) is 95.5 Å². The Morgan fingerprint density at radius 2 is 1.85 bits per heavy atom. The number of rotatable bonds is 10. The maximum Gasteiger partial charge on any atom is 0.255 e. The first-order chi connectivity index (χ1) is 19.4. The van der Waals surface area contributed by atoms with Crippen LogP contribution in [0.25, 0.3) is 11.3 Å². The molecule has 0 fully saturated rings. The Morgan fingerprint density at radius 3 is 2.52 bits per heavy atom. The minimum atomic E-state index is -0.223. The van der Waals surface area contributed by atoms with Crippen molar-refractivity contribution in [1.29, 1.82) is 0 Å². The lowest BCUT2D eigenvalue weighted by atomic mass is 10.2. The molecule has 2 heterocycles. The predicted molar refractivity (Wildman–Crippen MR) is 168 cm³/mol. The zero-order valence-electron chi connectivity index (χ0n) is 23.8. The van der Waals surface area contributed by atoms with Crippen LogP contribution in [0.15, 0.2) is 82.9 Å². The summed E-state index contributed by atoms with van der Waals surface area (Å²) in [6, 6.07) is 18.5. The number of fused-ring (bicyclic) bond motifs is 1. The molecule has 0 radical (unpaired) electrons. The first kappa shape index (κ1) is 29.8. The molecule has 0 saturated heterocycles. The van der Waals surface area contributed by atoms with Gasteiger partial charge in [0.25, 0.3) is 5.91 Å². The molecule has 9 heteroatoms. The summed E-state index contributed by atoms with van der Waals surface area (Å²) in [4.78, 5) is 27.9. The van der Waals surface area contributed by atoms with Crippen LogP contribution in [0, 0.1) is 6.92 Å². The highest BCUT2D eigenvalue weighted by Crippen LogP contribution is 2.22. The maximum atomic E-state index is 12.5. The Labute approximate surface area is 236 Å². The number of allylic oxidation sites excluding steroid dienone is 1. The molecule has 0 aliphatic heterocycles. The summed E-state index contributed by atoms with van der Waals surface area (Å²) in [6.45, 7) is 10.9. The van der Waals surface area contributed by atoms with Gasteiger partial charge in [-0.1, -0.05) is 26.0 Å². The van der Waals surface area contributed by atoms with Gasteiger partial charge in [0, 0.05) is 30.2 Å². The molecule has 0 aliphatic carbocycles. The largest absolute Gasteiger partial charge is 0.397 e. The molecule has 0 bridgehead atoms. The maximum absolute atomic E-state index is 12.5. The summed E-state index contributed by atoms with van der Waals surface area (Å²) < 4.78 is 2.02. The molecule has 1 amide bonds. The molecule has 0 spiro atoms. The standard InChI is InChI=1S/C29H32N8O.C2H6/c1-20-28(37-16-14-21(18-36(3)4)17-27(37)34-20)26(31-2)13-15-32-19-33-23-11-9-22(10-12-23)29(38)35-25-8-6-5-7-24(25)30;1-2/h5-17,33H,2,18-19,30H2,1,3-4H3,(H,35,38);1-2H3/b26-13-,32-15-;. The number of hydrogen-bond donors (Lipinski definition) is 3. The van der Waals surface area contributed by atoms with Crippen molar-refractivity contribution in [3.8, 4) is 0 Å². The number of aliphatic imine (C=N–C) groups is 2. The van der Waals surface area contributed by atoms with Crippen LogP contribution in [0.2, 0.25) is 0 Å². The second kappa shape index (κ2) is 14.4. The number of imidazole rings is 1. The van der Waals surface area contributed by atoms with Gasteiger partial charge in [-0.15, -0.1) is 0 Å². The van der Waals surface area contributed by atoms with Crippen molar-refractivity contribution in [2.75, 3.05) is 37.1 Å². The van der Waals surface area contributed by atoms with Crippen LogP contribution in [-0.4, -0.2) is 53.9 Å². The van der Waals surface area contributed by atoms with Gasteiger partial charge < -0.3 is 21.3 Å². The normalized spacial score (nSPS) is 11.4. The monoisotopic (exact) mass is 538 g/mol. The van der Waals surface area contributed by atoms with E-state index in [4.69, 9.17) is 10.7 Å². The van der Waals surface area contributed by atoms with Gasteiger partial charge >= 0.3 is 0 Å². The topological polar surface area (TPSA) is 112 Å². The van der Waals surface area contributed by atoms with Crippen molar-refractivity contribution < 1.29 is 4.79 Å². The molecule has 0 atom stereocenters. The number of nitrogens with one attached hydrogen (secondary N) is 2. The molecule has 0 saturated carbocycles. The van der Waals surface area contributed by atoms with Crippen molar-refractivity contribution in [2.45, 2.75) is 27.3 Å². The molecular weight excluding hydrogens is 500 g/mol. The number of para-hydroxylation sites is 2. The van der Waals surface area contributed by atoms with E-state index in [0.717, 1.165) is 29.3 Å². The van der Waals surface area contributed by atoms with Crippen LogP contribution in [-0.2, 0) is 6.54 Å². The lowest BCUT2D eigenvalue weighted by molar-refractivity contribution is 0.102. The zero-order valence-corrected chi connectivity index (χ0v) is 23.8. The van der Waals surface area contributed by atoms with Gasteiger partial charge in [-0.25, -0.2) is 4.98 Å². The summed E-state index contributed by atoms with van der Waals surface area (Å²) in [5.74, 6) is -0.223. The van der Waals surface area contributed by atoms with Crippen LogP contribution >= 0.6 is 0 Å². The second-order valence-corrected chi connectivity index (χ2v) is 9.04. The molecule has 208 valence electrons. The number of aryl methyl sites for hydroxylation is 1. The molecule has 0 aliphatic rings. The Morgan fingerprint density at radius 1 is 1.12 bits per heavy atom. The Bertz CT molecular complexity index is 1500. The molecular formula is C31H38N8O. The number of anilines is 3. The molecule has 4 N–H and O–H groups in total. The number of nitrogens with zero attached hydrogens (tertiary/aromatic N) is 5. The lowest BCUT2D eigenvalue weighted by Crippen LogP contribution is -2.13. The average Bonchev–Trinajstić information content (AvgIpc) is 3.27. The van der Waals surface area contributed by atoms with Crippen LogP contribution in [0.3, 0.4) is 0 Å². The first-order valence-electron chi connectivity index (χ1n) is 13.1. The number of nitrogens with two attached hydrogens (primary N) is 1. The van der Waals surface area contributed by atoms with Gasteiger partial charge in [0.2, 0.25) is 0 Å². The van der Waals surface area contributed by atoms with Crippen molar-refractivity contribution >= 4 is 47.2 Å². The van der Waals surface area contributed by atoms with Crippen molar-refractivity contribution in [3.63, 3.8) is 0 Å². The van der Waals surface area contributed by atoms with E-state index in [1.165, 1.54) is 5.56 Å². The number of aromatic nitrogens is 2. The lowest BCUT2D eigenvalue weighted by Gasteiger charge is -2.10. The Hall–Kier alpha value is -4.76. The fourth-order valence-corrected chi connectivity index (χ4v) is 4.04. The smallest absolute Gasteiger partial charge is 0.255 e. The average molecular weight is 539 g/mol. The number of amides is 1. The molecule has 9 nitrogen and oxygen atoms in total. The predicted octanol–water partition coefficient (Wildman–Crippen LogP) is 5.75. The van der Waals surface area contributed by atoms with Gasteiger partial charge in [0.15, 0.2) is 0 Å². The summed E-state index contributed by atoms with van der Waals surface area (Å²) in [5, 5.41) is 6.03. The minimum absolute atomic E-state index is 0.223. The fraction of sp³-hybridized carbons (Fsp3) is 0.226. The highest BCUT2D eigenvalue weighted by molar-refractivity contribution is 6.05. The molecule has 4 rings (SSSR count). The van der Waals surface area contributed by atoms with Gasteiger partial charge in [0.1, 0.15) is 12.3 Å². The first-order valence-corrected chi connectivity index (χ1v) is 13.1. The number of carbonyl (C=O) groups is 1. The van der Waals surface area contributed by atoms with E-state index in [-0.39, 0.29) is 5.91 Å². The number of hydrogen-bond acceptors (Lipinski definition) is 7. The van der Waals surface area contributed by atoms with Gasteiger partial charge in [-0.2, -0.15) is 0 Å². The van der Waals surface area contributed by atoms with E-state index in [9.17, 15) is 4.79 Å². The molecule has 2 aromatic carbocycles. The molecule has 0 unspecified atom stereocenters. The van der Waals surface area contributed by atoms with E-state index >= 15 is 0 Å². The van der Waals surface area contributed by atoms with E-state index in [1.807, 2.05) is 75.8 Å². The third-order valence-electron chi connectivity index (χ3n) is 5.84. The van der Waals surface area contributed by atoms with Crippen LogP contribution < -0.4 is 16.4 Å². The van der Waals surface area contributed by atoms with Crippen molar-refractivity contribution in [1.82, 2.24) is 14.3 Å². The van der Waals surface area contributed by atoms with Crippen LogP contribution in [0.5, 0.6) is 0 Å². The highest BCUT2D eigenvalue weighted by atomic mass is 16.1. The third kappa shape index (κ3) is 7.64. The van der Waals surface area contributed by atoms with Crippen molar-refractivity contribution in [2.24, 2.45) is 9.98 Å². The number of pyridine rings is 1. The third-order valence-corrected chi connectivity index (χ3v) is 5.84. The van der Waals surface area contributed by atoms with E-state index in [1.54, 1.807) is 30.5 Å². The Kier molecular flexibility index (Phi) is 10.7. The minimum Gasteiger partial charge on any atom is -0.397 e. The van der Waals surface area contributed by atoms with E-state index in [0.29, 0.717) is 29.3 Å². The summed E-state index contributed by atoms with van der Waals surface area (Å²) in [7, 11) is 4.08. The van der Waals surface area contributed by atoms with Crippen LogP contribution in [0.4, 0.5) is 17.1 Å². The SMILES string of the molecule is C=N/C(=C\C=N/CNc1ccc(C(=O)Nc2ccccc2N)cc1)c1c(C)nc2cc(CN(C)C)ccn12.CC. The fourth-order valence-electron chi connectivity index (χ4n) is 4.04. The number of carbonyl (C=O) groups excluding carboxylic acids is 1. The van der Waals surface area contributed by atoms with Gasteiger partial charge in [-0.3, -0.25) is 19.2 Å². The van der Waals surface area contributed by atoms with Crippen LogP contribution in [0.1, 0.15) is 41.2 Å². The highest BCUT2D eigenvalue weighted by Gasteiger charge is 2.13. The number of nitrogen functional groups attached to an aromatic ring is 1. The number of benzene rings is 2. The molecule has 40 heavy (non-hydrogen) atoms. The summed E-state index contributed by atoms with van der Waals surface area (Å²) >= 11 is 0. The van der Waals surface area contributed by atoms with Gasteiger partial charge in [-0.05, 0) is 87.9 Å². The summed E-state index contributed by atoms with van der Waals surface area (Å²) in [6.07, 6.45) is 5.53. The quantitative estimate of drug-likeness (QED) is 0.176. The van der Waals surface area contributed by atoms with Gasteiger partial charge in [0.05, 0.1) is 28.5 Å². The molecule has 2 aromatic heterocycles. The summed E-state index contributed by atoms with van der Waals surface area (Å²) in [5.41, 5.74) is 12.9. The zero-order chi connectivity index (χ0) is 29.1. The van der Waals surface area contributed by atoms with E-state index in [2.05, 4.69) is 44.4 Å². The Balaban J connectivity index is 0.00000216. The van der Waals surface area contributed by atoms with E-state index < -0.39 is 0 Å².